The second-order valence-electron chi connectivity index (χ2n) is 7.40. The number of rotatable bonds is 5. The Morgan fingerprint density at radius 1 is 0.667 bits per heavy atom. The first-order chi connectivity index (χ1) is 14.8. The van der Waals surface area contributed by atoms with Gasteiger partial charge in [-0.2, -0.15) is 0 Å². The first kappa shape index (κ1) is 18.3. The van der Waals surface area contributed by atoms with Crippen molar-refractivity contribution < 1.29 is 5.11 Å². The van der Waals surface area contributed by atoms with Gasteiger partial charge < -0.3 is 9.67 Å². The molecule has 0 aliphatic heterocycles. The summed E-state index contributed by atoms with van der Waals surface area (Å²) in [5.41, 5.74) is 5.64. The topological polar surface area (TPSA) is 38.1 Å². The van der Waals surface area contributed by atoms with Crippen LogP contribution in [0.2, 0.25) is 0 Å². The fourth-order valence-corrected chi connectivity index (χ4v) is 4.38. The molecule has 146 valence electrons. The Morgan fingerprint density at radius 2 is 1.17 bits per heavy atom. The molecule has 1 heterocycles. The molecule has 0 amide bonds. The first-order valence-corrected chi connectivity index (χ1v) is 10.1. The van der Waals surface area contributed by atoms with Gasteiger partial charge in [-0.15, -0.1) is 0 Å². The van der Waals surface area contributed by atoms with Gasteiger partial charge in [0.2, 0.25) is 0 Å². The van der Waals surface area contributed by atoms with Gasteiger partial charge in [-0.3, -0.25) is 0 Å². The van der Waals surface area contributed by atoms with Gasteiger partial charge in [0.25, 0.3) is 0 Å². The summed E-state index contributed by atoms with van der Waals surface area (Å²) in [6, 6.07) is 37.7. The molecule has 1 N–H and O–H groups in total. The number of aromatic nitrogens is 2. The number of imidazole rings is 1. The van der Waals surface area contributed by atoms with Crippen molar-refractivity contribution in [3.63, 3.8) is 0 Å². The third-order valence-electron chi connectivity index (χ3n) is 5.73. The SMILES string of the molecule is OCc1ccc2c(c1)ncn2C(c1ccccc1)(c1ccccc1)c1ccccc1. The van der Waals surface area contributed by atoms with Crippen LogP contribution in [0.5, 0.6) is 0 Å². The van der Waals surface area contributed by atoms with Gasteiger partial charge >= 0.3 is 0 Å². The summed E-state index contributed by atoms with van der Waals surface area (Å²) in [5, 5.41) is 9.56. The Bertz CT molecular complexity index is 1170. The molecule has 0 atom stereocenters. The molecule has 0 spiro atoms. The first-order valence-electron chi connectivity index (χ1n) is 10.1. The number of aliphatic hydroxyl groups excluding tert-OH is 1. The van der Waals surface area contributed by atoms with E-state index in [1.54, 1.807) is 0 Å². The van der Waals surface area contributed by atoms with E-state index in [9.17, 15) is 5.11 Å². The van der Waals surface area contributed by atoms with E-state index < -0.39 is 5.54 Å². The Morgan fingerprint density at radius 3 is 1.63 bits per heavy atom. The van der Waals surface area contributed by atoms with Crippen molar-refractivity contribution in [1.29, 1.82) is 0 Å². The monoisotopic (exact) mass is 390 g/mol. The maximum Gasteiger partial charge on any atom is 0.122 e. The molecule has 0 unspecified atom stereocenters. The smallest absolute Gasteiger partial charge is 0.122 e. The average Bonchev–Trinajstić information content (AvgIpc) is 3.25. The van der Waals surface area contributed by atoms with Crippen molar-refractivity contribution in [2.75, 3.05) is 0 Å². The Hall–Kier alpha value is -3.69. The molecule has 5 rings (SSSR count). The lowest BCUT2D eigenvalue weighted by Gasteiger charge is -2.38. The number of benzene rings is 4. The summed E-state index contributed by atoms with van der Waals surface area (Å²) in [6.45, 7) is 0.00397. The number of hydrogen-bond acceptors (Lipinski definition) is 2. The highest BCUT2D eigenvalue weighted by atomic mass is 16.3. The van der Waals surface area contributed by atoms with Crippen LogP contribution in [-0.2, 0) is 12.1 Å². The van der Waals surface area contributed by atoms with Gasteiger partial charge in [-0.25, -0.2) is 4.98 Å². The van der Waals surface area contributed by atoms with Crippen molar-refractivity contribution in [1.82, 2.24) is 9.55 Å². The fraction of sp³-hybridized carbons (Fsp3) is 0.0741. The molecule has 0 radical (unpaired) electrons. The molecule has 0 fully saturated rings. The van der Waals surface area contributed by atoms with E-state index in [2.05, 4.69) is 83.4 Å². The molecule has 3 nitrogen and oxygen atoms in total. The van der Waals surface area contributed by atoms with E-state index in [1.165, 1.54) is 0 Å². The second-order valence-corrected chi connectivity index (χ2v) is 7.40. The molecule has 0 aliphatic rings. The molecule has 0 aliphatic carbocycles. The Kier molecular flexibility index (Phi) is 4.66. The Labute approximate surface area is 175 Å². The fourth-order valence-electron chi connectivity index (χ4n) is 4.38. The lowest BCUT2D eigenvalue weighted by molar-refractivity contribution is 0.282. The Balaban J connectivity index is 1.92. The van der Waals surface area contributed by atoms with Crippen LogP contribution in [0, 0.1) is 0 Å². The lowest BCUT2D eigenvalue weighted by Crippen LogP contribution is -2.37. The van der Waals surface area contributed by atoms with Gasteiger partial charge in [0.1, 0.15) is 5.54 Å². The molecule has 0 saturated heterocycles. The third-order valence-corrected chi connectivity index (χ3v) is 5.73. The van der Waals surface area contributed by atoms with Crippen LogP contribution in [0.25, 0.3) is 11.0 Å². The third kappa shape index (κ3) is 2.83. The standard InChI is InChI=1S/C27H22N2O/c30-19-21-16-17-26-25(18-21)28-20-29(26)27(22-10-4-1-5-11-22,23-12-6-2-7-13-23)24-14-8-3-9-15-24/h1-18,20,30H,19H2. The molecule has 1 aromatic heterocycles. The highest BCUT2D eigenvalue weighted by Crippen LogP contribution is 2.42. The van der Waals surface area contributed by atoms with Crippen LogP contribution in [0.4, 0.5) is 0 Å². The molecule has 0 bridgehead atoms. The van der Waals surface area contributed by atoms with E-state index >= 15 is 0 Å². The van der Waals surface area contributed by atoms with Gasteiger partial charge in [-0.05, 0) is 34.4 Å². The van der Waals surface area contributed by atoms with Crippen LogP contribution in [-0.4, -0.2) is 14.7 Å². The summed E-state index contributed by atoms with van der Waals surface area (Å²) in [7, 11) is 0. The van der Waals surface area contributed by atoms with E-state index in [0.29, 0.717) is 0 Å². The van der Waals surface area contributed by atoms with Crippen molar-refractivity contribution in [2.24, 2.45) is 0 Å². The van der Waals surface area contributed by atoms with Crippen LogP contribution in [0.15, 0.2) is 116 Å². The molecule has 5 aromatic rings. The number of hydrogen-bond donors (Lipinski definition) is 1. The predicted octanol–water partition coefficient (Wildman–Crippen LogP) is 5.37. The summed E-state index contributed by atoms with van der Waals surface area (Å²) in [4.78, 5) is 4.72. The molecule has 3 heteroatoms. The minimum atomic E-state index is -0.584. The van der Waals surface area contributed by atoms with Gasteiger partial charge in [0, 0.05) is 0 Å². The van der Waals surface area contributed by atoms with E-state index in [4.69, 9.17) is 4.98 Å². The zero-order valence-corrected chi connectivity index (χ0v) is 16.5. The van der Waals surface area contributed by atoms with Crippen LogP contribution in [0.3, 0.4) is 0 Å². The molecule has 4 aromatic carbocycles. The number of nitrogens with zero attached hydrogens (tertiary/aromatic N) is 2. The summed E-state index contributed by atoms with van der Waals surface area (Å²) in [5.74, 6) is 0. The zero-order chi connectivity index (χ0) is 20.4. The van der Waals surface area contributed by atoms with Crippen LogP contribution >= 0.6 is 0 Å². The van der Waals surface area contributed by atoms with Crippen molar-refractivity contribution in [3.8, 4) is 0 Å². The molecule has 30 heavy (non-hydrogen) atoms. The maximum atomic E-state index is 9.56. The van der Waals surface area contributed by atoms with Crippen molar-refractivity contribution in [2.45, 2.75) is 12.1 Å². The maximum absolute atomic E-state index is 9.56. The lowest BCUT2D eigenvalue weighted by atomic mass is 9.76. The van der Waals surface area contributed by atoms with E-state index in [0.717, 1.165) is 33.3 Å². The average molecular weight is 390 g/mol. The summed E-state index contributed by atoms with van der Waals surface area (Å²) in [6.07, 6.45) is 1.92. The largest absolute Gasteiger partial charge is 0.392 e. The second kappa shape index (κ2) is 7.62. The number of aliphatic hydroxyl groups is 1. The van der Waals surface area contributed by atoms with Crippen LogP contribution in [0.1, 0.15) is 22.3 Å². The number of fused-ring (bicyclic) bond motifs is 1. The molecule has 0 saturated carbocycles. The van der Waals surface area contributed by atoms with Crippen molar-refractivity contribution >= 4 is 11.0 Å². The minimum Gasteiger partial charge on any atom is -0.392 e. The highest BCUT2D eigenvalue weighted by Gasteiger charge is 2.39. The quantitative estimate of drug-likeness (QED) is 0.410. The van der Waals surface area contributed by atoms with Gasteiger partial charge in [0.05, 0.1) is 24.0 Å². The van der Waals surface area contributed by atoms with Gasteiger partial charge in [-0.1, -0.05) is 97.1 Å². The normalized spacial score (nSPS) is 11.6. The van der Waals surface area contributed by atoms with Crippen molar-refractivity contribution in [3.05, 3.63) is 138 Å². The summed E-state index contributed by atoms with van der Waals surface area (Å²) >= 11 is 0. The molecular formula is C27H22N2O. The minimum absolute atomic E-state index is 0.00397. The zero-order valence-electron chi connectivity index (χ0n) is 16.5. The molecular weight excluding hydrogens is 368 g/mol. The predicted molar refractivity (Wildman–Crippen MR) is 120 cm³/mol. The summed E-state index contributed by atoms with van der Waals surface area (Å²) < 4.78 is 2.25. The van der Waals surface area contributed by atoms with E-state index in [1.807, 2.05) is 36.7 Å². The van der Waals surface area contributed by atoms with Crippen LogP contribution < -0.4 is 0 Å². The van der Waals surface area contributed by atoms with Gasteiger partial charge in [0.15, 0.2) is 0 Å². The highest BCUT2D eigenvalue weighted by molar-refractivity contribution is 5.78. The van der Waals surface area contributed by atoms with E-state index in [-0.39, 0.29) is 6.61 Å².